The van der Waals surface area contributed by atoms with E-state index >= 15 is 0 Å². The van der Waals surface area contributed by atoms with Gasteiger partial charge >= 0.3 is 0 Å². The van der Waals surface area contributed by atoms with Crippen molar-refractivity contribution in [1.29, 1.82) is 0 Å². The van der Waals surface area contributed by atoms with Gasteiger partial charge < -0.3 is 14.4 Å². The molecule has 31 heavy (non-hydrogen) atoms. The van der Waals surface area contributed by atoms with Crippen molar-refractivity contribution in [3.63, 3.8) is 0 Å². The maximum atomic E-state index is 12.7. The summed E-state index contributed by atoms with van der Waals surface area (Å²) in [5, 5.41) is 1.68. The van der Waals surface area contributed by atoms with Crippen molar-refractivity contribution in [3.05, 3.63) is 65.3 Å². The number of benzene rings is 2. The van der Waals surface area contributed by atoms with E-state index in [0.29, 0.717) is 31.2 Å². The SMILES string of the molecule is CCn1ccc2cccc(-c3c(Cl)[c]ccc3/C=C/C(=O)N3CCN(C(C)=O)CC3)c21. The van der Waals surface area contributed by atoms with Crippen LogP contribution >= 0.6 is 11.6 Å². The Morgan fingerprint density at radius 3 is 2.55 bits per heavy atom. The number of rotatable bonds is 4. The molecule has 0 N–H and O–H groups in total. The summed E-state index contributed by atoms with van der Waals surface area (Å²) in [6.07, 6.45) is 5.50. The molecule has 159 valence electrons. The smallest absolute Gasteiger partial charge is 0.246 e. The molecule has 5 nitrogen and oxygen atoms in total. The number of nitrogens with zero attached hydrogens (tertiary/aromatic N) is 3. The van der Waals surface area contributed by atoms with Gasteiger partial charge in [-0.3, -0.25) is 9.59 Å². The molecule has 1 fully saturated rings. The lowest BCUT2D eigenvalue weighted by molar-refractivity contribution is -0.135. The van der Waals surface area contributed by atoms with E-state index in [1.165, 1.54) is 0 Å². The van der Waals surface area contributed by atoms with Crippen LogP contribution in [-0.4, -0.2) is 52.4 Å². The van der Waals surface area contributed by atoms with Crippen molar-refractivity contribution in [2.24, 2.45) is 0 Å². The highest BCUT2D eigenvalue weighted by Crippen LogP contribution is 2.37. The molecule has 0 unspecified atom stereocenters. The monoisotopic (exact) mass is 434 g/mol. The molecule has 1 aromatic heterocycles. The second kappa shape index (κ2) is 8.98. The van der Waals surface area contributed by atoms with Crippen LogP contribution in [0.15, 0.2) is 48.7 Å². The zero-order valence-electron chi connectivity index (χ0n) is 17.8. The lowest BCUT2D eigenvalue weighted by Crippen LogP contribution is -2.49. The molecule has 0 aliphatic carbocycles. The quantitative estimate of drug-likeness (QED) is 0.568. The minimum absolute atomic E-state index is 0.0495. The summed E-state index contributed by atoms with van der Waals surface area (Å²) in [6.45, 7) is 6.75. The van der Waals surface area contributed by atoms with Crippen molar-refractivity contribution in [2.75, 3.05) is 26.2 Å². The van der Waals surface area contributed by atoms with Crippen molar-refractivity contribution < 1.29 is 9.59 Å². The standard InChI is InChI=1S/C25H25ClN3O2/c1-3-27-13-12-20-7-4-8-21(25(20)27)24-19(6-5-9-22(24)26)10-11-23(31)29-16-14-28(15-17-29)18(2)30/h4-8,10-13H,3,14-17H2,1-2H3/b11-10+. The van der Waals surface area contributed by atoms with Crippen molar-refractivity contribution in [3.8, 4) is 11.1 Å². The Morgan fingerprint density at radius 1 is 1.10 bits per heavy atom. The number of para-hydroxylation sites is 1. The van der Waals surface area contributed by atoms with Gasteiger partial charge in [0, 0.05) is 74.5 Å². The molecular weight excluding hydrogens is 410 g/mol. The number of hydrogen-bond acceptors (Lipinski definition) is 2. The number of amides is 2. The molecule has 2 heterocycles. The van der Waals surface area contributed by atoms with Gasteiger partial charge in [-0.2, -0.15) is 0 Å². The van der Waals surface area contributed by atoms with Crippen LogP contribution in [0.1, 0.15) is 19.4 Å². The normalized spacial score (nSPS) is 14.5. The van der Waals surface area contributed by atoms with Crippen molar-refractivity contribution >= 4 is 40.4 Å². The minimum Gasteiger partial charge on any atom is -0.347 e. The van der Waals surface area contributed by atoms with Crippen LogP contribution in [0.5, 0.6) is 0 Å². The third-order valence-electron chi connectivity index (χ3n) is 5.82. The van der Waals surface area contributed by atoms with E-state index in [9.17, 15) is 9.59 Å². The van der Waals surface area contributed by atoms with Gasteiger partial charge in [-0.25, -0.2) is 0 Å². The summed E-state index contributed by atoms with van der Waals surface area (Å²) >= 11 is 6.61. The van der Waals surface area contributed by atoms with E-state index in [1.54, 1.807) is 28.9 Å². The Labute approximate surface area is 187 Å². The highest BCUT2D eigenvalue weighted by Gasteiger charge is 2.21. The van der Waals surface area contributed by atoms with E-state index in [2.05, 4.69) is 42.0 Å². The van der Waals surface area contributed by atoms with Crippen LogP contribution in [0.25, 0.3) is 28.1 Å². The molecule has 6 heteroatoms. The van der Waals surface area contributed by atoms with Crippen LogP contribution in [0, 0.1) is 6.07 Å². The van der Waals surface area contributed by atoms with Gasteiger partial charge in [0.25, 0.3) is 0 Å². The van der Waals surface area contributed by atoms with Crippen LogP contribution in [0.3, 0.4) is 0 Å². The van der Waals surface area contributed by atoms with Crippen LogP contribution in [-0.2, 0) is 16.1 Å². The average molecular weight is 435 g/mol. The Morgan fingerprint density at radius 2 is 1.84 bits per heavy atom. The fourth-order valence-electron chi connectivity index (χ4n) is 4.13. The predicted molar refractivity (Wildman–Crippen MR) is 125 cm³/mol. The fraction of sp³-hybridized carbons (Fsp3) is 0.280. The largest absolute Gasteiger partial charge is 0.347 e. The van der Waals surface area contributed by atoms with Gasteiger partial charge in [-0.05, 0) is 24.6 Å². The van der Waals surface area contributed by atoms with Gasteiger partial charge in [0.05, 0.1) is 10.5 Å². The first kappa shape index (κ1) is 21.2. The van der Waals surface area contributed by atoms with E-state index in [-0.39, 0.29) is 11.8 Å². The summed E-state index contributed by atoms with van der Waals surface area (Å²) in [4.78, 5) is 27.8. The number of halogens is 1. The topological polar surface area (TPSA) is 45.6 Å². The van der Waals surface area contributed by atoms with E-state index in [0.717, 1.165) is 34.1 Å². The number of piperazine rings is 1. The molecule has 3 aromatic rings. The van der Waals surface area contributed by atoms with Gasteiger partial charge in [0.2, 0.25) is 11.8 Å². The van der Waals surface area contributed by atoms with Crippen molar-refractivity contribution in [1.82, 2.24) is 14.4 Å². The van der Waals surface area contributed by atoms with E-state index in [1.807, 2.05) is 18.2 Å². The number of aryl methyl sites for hydroxylation is 1. The molecule has 2 aromatic carbocycles. The molecule has 1 saturated heterocycles. The van der Waals surface area contributed by atoms with Crippen LogP contribution in [0.2, 0.25) is 5.02 Å². The average Bonchev–Trinajstić information content (AvgIpc) is 3.21. The summed E-state index contributed by atoms with van der Waals surface area (Å²) in [5.74, 6) is -0.0123. The molecule has 1 aliphatic heterocycles. The fourth-order valence-corrected chi connectivity index (χ4v) is 4.41. The highest BCUT2D eigenvalue weighted by molar-refractivity contribution is 6.34. The Balaban J connectivity index is 1.65. The molecule has 0 bridgehead atoms. The lowest BCUT2D eigenvalue weighted by atomic mass is 9.97. The summed E-state index contributed by atoms with van der Waals surface area (Å²) < 4.78 is 2.20. The number of aromatic nitrogens is 1. The van der Waals surface area contributed by atoms with Crippen LogP contribution in [0.4, 0.5) is 0 Å². The Hall–Kier alpha value is -3.05. The minimum atomic E-state index is -0.0618. The Kier molecular flexibility index (Phi) is 6.14. The summed E-state index contributed by atoms with van der Waals surface area (Å²) in [7, 11) is 0. The second-order valence-electron chi connectivity index (χ2n) is 7.63. The molecular formula is C25H25ClN3O2. The predicted octanol–water partition coefficient (Wildman–Crippen LogP) is 4.49. The van der Waals surface area contributed by atoms with E-state index in [4.69, 9.17) is 11.6 Å². The first-order chi connectivity index (χ1) is 15.0. The summed E-state index contributed by atoms with van der Waals surface area (Å²) in [6, 6.07) is 15.1. The maximum absolute atomic E-state index is 12.7. The molecule has 1 radical (unpaired) electrons. The van der Waals surface area contributed by atoms with E-state index < -0.39 is 0 Å². The first-order valence-electron chi connectivity index (χ1n) is 10.5. The van der Waals surface area contributed by atoms with Gasteiger partial charge in [-0.15, -0.1) is 0 Å². The number of carbonyl (C=O) groups excluding carboxylic acids is 2. The maximum Gasteiger partial charge on any atom is 0.246 e. The van der Waals surface area contributed by atoms with Gasteiger partial charge in [0.1, 0.15) is 0 Å². The van der Waals surface area contributed by atoms with Crippen molar-refractivity contribution in [2.45, 2.75) is 20.4 Å². The first-order valence-corrected chi connectivity index (χ1v) is 10.9. The molecule has 1 aliphatic rings. The van der Waals surface area contributed by atoms with Gasteiger partial charge in [-0.1, -0.05) is 41.9 Å². The summed E-state index contributed by atoms with van der Waals surface area (Å²) in [5.41, 5.74) is 3.88. The van der Waals surface area contributed by atoms with Gasteiger partial charge in [0.15, 0.2) is 0 Å². The number of carbonyl (C=O) groups is 2. The highest BCUT2D eigenvalue weighted by atomic mass is 35.5. The zero-order chi connectivity index (χ0) is 22.0. The number of fused-ring (bicyclic) bond motifs is 1. The zero-order valence-corrected chi connectivity index (χ0v) is 18.5. The molecule has 0 spiro atoms. The third kappa shape index (κ3) is 4.23. The second-order valence-corrected chi connectivity index (χ2v) is 8.01. The lowest BCUT2D eigenvalue weighted by Gasteiger charge is -2.33. The molecule has 0 atom stereocenters. The molecule has 4 rings (SSSR count). The third-order valence-corrected chi connectivity index (χ3v) is 6.12. The number of hydrogen-bond donors (Lipinski definition) is 0. The van der Waals surface area contributed by atoms with Crippen LogP contribution < -0.4 is 0 Å². The molecule has 2 amide bonds. The Bertz CT molecular complexity index is 1160. The molecule has 0 saturated carbocycles.